The van der Waals surface area contributed by atoms with Crippen LogP contribution in [-0.2, 0) is 14.3 Å². The number of ether oxygens (including phenoxy) is 1. The molecule has 3 amide bonds. The van der Waals surface area contributed by atoms with E-state index in [1.165, 1.54) is 4.90 Å². The van der Waals surface area contributed by atoms with Crippen LogP contribution in [0.1, 0.15) is 24.5 Å². The van der Waals surface area contributed by atoms with Gasteiger partial charge in [0.2, 0.25) is 5.91 Å². The minimum Gasteiger partial charge on any atom is -0.450 e. The van der Waals surface area contributed by atoms with Crippen LogP contribution in [-0.4, -0.2) is 66.5 Å². The van der Waals surface area contributed by atoms with Gasteiger partial charge in [0.15, 0.2) is 0 Å². The number of nitrogens with zero attached hydrogens (tertiary/aromatic N) is 3. The average Bonchev–Trinajstić information content (AvgIpc) is 2.92. The zero-order valence-electron chi connectivity index (χ0n) is 15.5. The van der Waals surface area contributed by atoms with Crippen LogP contribution in [0.25, 0.3) is 0 Å². The van der Waals surface area contributed by atoms with Crippen molar-refractivity contribution in [2.75, 3.05) is 37.7 Å². The SMILES string of the molecule is CCOC(=O)N1CCN(C2CC(=O)N(c3cccc(C)c3C)C2=O)CC1. The Morgan fingerprint density at radius 2 is 1.85 bits per heavy atom. The first-order chi connectivity index (χ1) is 12.4. The van der Waals surface area contributed by atoms with E-state index in [0.29, 0.717) is 38.5 Å². The van der Waals surface area contributed by atoms with Gasteiger partial charge in [-0.15, -0.1) is 0 Å². The number of carbonyl (C=O) groups excluding carboxylic acids is 3. The van der Waals surface area contributed by atoms with E-state index in [1.54, 1.807) is 11.8 Å². The molecular weight excluding hydrogens is 334 g/mol. The summed E-state index contributed by atoms with van der Waals surface area (Å²) in [7, 11) is 0. The lowest BCUT2D eigenvalue weighted by atomic mass is 10.1. The van der Waals surface area contributed by atoms with Gasteiger partial charge < -0.3 is 9.64 Å². The summed E-state index contributed by atoms with van der Waals surface area (Å²) in [5, 5.41) is 0. The number of hydrogen-bond donors (Lipinski definition) is 0. The van der Waals surface area contributed by atoms with Gasteiger partial charge in [0.05, 0.1) is 24.8 Å². The van der Waals surface area contributed by atoms with Crippen LogP contribution in [0.15, 0.2) is 18.2 Å². The largest absolute Gasteiger partial charge is 0.450 e. The number of rotatable bonds is 3. The second kappa shape index (κ2) is 7.45. The number of hydrogen-bond acceptors (Lipinski definition) is 5. The molecule has 2 fully saturated rings. The molecule has 7 heteroatoms. The van der Waals surface area contributed by atoms with Gasteiger partial charge in [0.1, 0.15) is 0 Å². The lowest BCUT2D eigenvalue weighted by molar-refractivity contribution is -0.123. The highest BCUT2D eigenvalue weighted by Crippen LogP contribution is 2.30. The monoisotopic (exact) mass is 359 g/mol. The van der Waals surface area contributed by atoms with E-state index in [-0.39, 0.29) is 24.3 Å². The minimum absolute atomic E-state index is 0.165. The Balaban J connectivity index is 1.70. The summed E-state index contributed by atoms with van der Waals surface area (Å²) in [6, 6.07) is 5.20. The number of imide groups is 1. The predicted molar refractivity (Wildman–Crippen MR) is 97.0 cm³/mol. The molecule has 0 aliphatic carbocycles. The number of amides is 3. The summed E-state index contributed by atoms with van der Waals surface area (Å²) in [6.07, 6.45) is -0.135. The Bertz CT molecular complexity index is 725. The first-order valence-corrected chi connectivity index (χ1v) is 9.02. The van der Waals surface area contributed by atoms with Crippen molar-refractivity contribution in [2.24, 2.45) is 0 Å². The summed E-state index contributed by atoms with van der Waals surface area (Å²) in [5.74, 6) is -0.338. The maximum atomic E-state index is 13.0. The van der Waals surface area contributed by atoms with Crippen LogP contribution in [0.4, 0.5) is 10.5 Å². The third-order valence-corrected chi connectivity index (χ3v) is 5.22. The van der Waals surface area contributed by atoms with E-state index in [4.69, 9.17) is 4.74 Å². The fourth-order valence-corrected chi connectivity index (χ4v) is 3.56. The first-order valence-electron chi connectivity index (χ1n) is 9.02. The molecule has 0 N–H and O–H groups in total. The molecule has 1 aromatic carbocycles. The highest BCUT2D eigenvalue weighted by molar-refractivity contribution is 6.22. The van der Waals surface area contributed by atoms with Gasteiger partial charge in [-0.1, -0.05) is 12.1 Å². The third-order valence-electron chi connectivity index (χ3n) is 5.22. The molecule has 0 bridgehead atoms. The molecule has 0 aromatic heterocycles. The van der Waals surface area contributed by atoms with Crippen molar-refractivity contribution in [1.82, 2.24) is 9.80 Å². The van der Waals surface area contributed by atoms with Crippen LogP contribution >= 0.6 is 0 Å². The lowest BCUT2D eigenvalue weighted by Crippen LogP contribution is -2.54. The average molecular weight is 359 g/mol. The van der Waals surface area contributed by atoms with Gasteiger partial charge in [0, 0.05) is 26.2 Å². The van der Waals surface area contributed by atoms with Gasteiger partial charge in [-0.05, 0) is 38.0 Å². The summed E-state index contributed by atoms with van der Waals surface area (Å²) < 4.78 is 5.02. The fraction of sp³-hybridized carbons (Fsp3) is 0.526. The maximum Gasteiger partial charge on any atom is 0.409 e. The zero-order chi connectivity index (χ0) is 18.8. The fourth-order valence-electron chi connectivity index (χ4n) is 3.56. The molecule has 7 nitrogen and oxygen atoms in total. The molecule has 2 saturated heterocycles. The van der Waals surface area contributed by atoms with Gasteiger partial charge in [0.25, 0.3) is 5.91 Å². The van der Waals surface area contributed by atoms with Gasteiger partial charge in [-0.2, -0.15) is 0 Å². The molecule has 26 heavy (non-hydrogen) atoms. The quantitative estimate of drug-likeness (QED) is 0.769. The normalized spacial score (nSPS) is 21.4. The van der Waals surface area contributed by atoms with Crippen LogP contribution in [0.2, 0.25) is 0 Å². The van der Waals surface area contributed by atoms with Crippen molar-refractivity contribution in [3.63, 3.8) is 0 Å². The van der Waals surface area contributed by atoms with E-state index in [0.717, 1.165) is 11.1 Å². The van der Waals surface area contributed by atoms with Crippen molar-refractivity contribution in [3.05, 3.63) is 29.3 Å². The van der Waals surface area contributed by atoms with Crippen LogP contribution < -0.4 is 4.90 Å². The molecule has 2 heterocycles. The minimum atomic E-state index is -0.452. The molecule has 1 unspecified atom stereocenters. The number of piperazine rings is 1. The van der Waals surface area contributed by atoms with Crippen molar-refractivity contribution in [3.8, 4) is 0 Å². The number of anilines is 1. The van der Waals surface area contributed by atoms with Crippen molar-refractivity contribution < 1.29 is 19.1 Å². The molecule has 1 atom stereocenters. The molecule has 3 rings (SSSR count). The maximum absolute atomic E-state index is 13.0. The number of carbonyl (C=O) groups is 3. The van der Waals surface area contributed by atoms with E-state index < -0.39 is 6.04 Å². The van der Waals surface area contributed by atoms with E-state index in [1.807, 2.05) is 36.9 Å². The Kier molecular flexibility index (Phi) is 5.27. The van der Waals surface area contributed by atoms with Gasteiger partial charge in [-0.3, -0.25) is 14.5 Å². The molecular formula is C19H25N3O4. The molecule has 2 aliphatic rings. The summed E-state index contributed by atoms with van der Waals surface area (Å²) in [6.45, 7) is 8.14. The van der Waals surface area contributed by atoms with Crippen molar-refractivity contribution in [2.45, 2.75) is 33.2 Å². The van der Waals surface area contributed by atoms with Gasteiger partial charge in [-0.25, -0.2) is 9.69 Å². The molecule has 0 saturated carbocycles. The van der Waals surface area contributed by atoms with Crippen LogP contribution in [0, 0.1) is 13.8 Å². The zero-order valence-corrected chi connectivity index (χ0v) is 15.5. The Morgan fingerprint density at radius 3 is 2.50 bits per heavy atom. The second-order valence-electron chi connectivity index (χ2n) is 6.73. The molecule has 0 spiro atoms. The second-order valence-corrected chi connectivity index (χ2v) is 6.73. The standard InChI is InChI=1S/C19H25N3O4/c1-4-26-19(25)21-10-8-20(9-11-21)16-12-17(23)22(18(16)24)15-7-5-6-13(2)14(15)3/h5-7,16H,4,8-12H2,1-3H3. The predicted octanol–water partition coefficient (Wildman–Crippen LogP) is 1.71. The third kappa shape index (κ3) is 3.31. The number of aryl methyl sites for hydroxylation is 1. The molecule has 1 aromatic rings. The Labute approximate surface area is 153 Å². The summed E-state index contributed by atoms with van der Waals surface area (Å²) in [4.78, 5) is 42.3. The van der Waals surface area contributed by atoms with Crippen LogP contribution in [0.5, 0.6) is 0 Å². The first kappa shape index (κ1) is 18.4. The molecule has 140 valence electrons. The summed E-state index contributed by atoms with van der Waals surface area (Å²) >= 11 is 0. The van der Waals surface area contributed by atoms with Crippen LogP contribution in [0.3, 0.4) is 0 Å². The topological polar surface area (TPSA) is 70.2 Å². The highest BCUT2D eigenvalue weighted by atomic mass is 16.6. The van der Waals surface area contributed by atoms with E-state index in [2.05, 4.69) is 0 Å². The smallest absolute Gasteiger partial charge is 0.409 e. The summed E-state index contributed by atoms with van der Waals surface area (Å²) in [5.41, 5.74) is 2.67. The molecule has 0 radical (unpaired) electrons. The van der Waals surface area contributed by atoms with Crippen molar-refractivity contribution >= 4 is 23.6 Å². The lowest BCUT2D eigenvalue weighted by Gasteiger charge is -2.36. The van der Waals surface area contributed by atoms with E-state index >= 15 is 0 Å². The number of benzene rings is 1. The Hall–Kier alpha value is -2.41. The van der Waals surface area contributed by atoms with Crippen molar-refractivity contribution in [1.29, 1.82) is 0 Å². The molecule has 2 aliphatic heterocycles. The van der Waals surface area contributed by atoms with Gasteiger partial charge >= 0.3 is 6.09 Å². The highest BCUT2D eigenvalue weighted by Gasteiger charge is 2.44. The van der Waals surface area contributed by atoms with E-state index in [9.17, 15) is 14.4 Å². The Morgan fingerprint density at radius 1 is 1.15 bits per heavy atom.